The molecule has 94 valence electrons. The second-order valence-electron chi connectivity index (χ2n) is 3.98. The fourth-order valence-corrected chi connectivity index (χ4v) is 2.37. The van der Waals surface area contributed by atoms with Gasteiger partial charge >= 0.3 is 0 Å². The third-order valence-electron chi connectivity index (χ3n) is 2.62. The van der Waals surface area contributed by atoms with Crippen molar-refractivity contribution in [2.45, 2.75) is 32.4 Å². The van der Waals surface area contributed by atoms with Gasteiger partial charge in [0.15, 0.2) is 0 Å². The summed E-state index contributed by atoms with van der Waals surface area (Å²) in [6.07, 6.45) is 0.926. The quantitative estimate of drug-likeness (QED) is 0.876. The van der Waals surface area contributed by atoms with Crippen LogP contribution in [0.4, 0.5) is 0 Å². The third kappa shape index (κ3) is 3.98. The molecule has 0 aliphatic rings. The van der Waals surface area contributed by atoms with E-state index < -0.39 is 11.9 Å². The van der Waals surface area contributed by atoms with Gasteiger partial charge in [-0.25, -0.2) is 0 Å². The molecule has 0 bridgehead atoms. The van der Waals surface area contributed by atoms with E-state index in [1.165, 1.54) is 0 Å². The zero-order valence-corrected chi connectivity index (χ0v) is 12.2. The molecule has 0 spiro atoms. The van der Waals surface area contributed by atoms with Crippen LogP contribution in [0.3, 0.4) is 0 Å². The minimum absolute atomic E-state index is 0.218. The lowest BCUT2D eigenvalue weighted by molar-refractivity contribution is -0.120. The van der Waals surface area contributed by atoms with Crippen LogP contribution in [0.5, 0.6) is 0 Å². The lowest BCUT2D eigenvalue weighted by Crippen LogP contribution is -2.38. The average Bonchev–Trinajstić information content (AvgIpc) is 2.26. The first-order chi connectivity index (χ1) is 7.95. The van der Waals surface area contributed by atoms with Crippen molar-refractivity contribution in [2.75, 3.05) is 0 Å². The summed E-state index contributed by atoms with van der Waals surface area (Å²) in [5.74, 6) is -0.395. The van der Waals surface area contributed by atoms with Crippen LogP contribution >= 0.6 is 27.5 Å². The Hall–Kier alpha value is -0.580. The van der Waals surface area contributed by atoms with Crippen LogP contribution < -0.4 is 11.1 Å². The summed E-state index contributed by atoms with van der Waals surface area (Å²) in [4.78, 5) is 11.5. The monoisotopic (exact) mass is 318 g/mol. The van der Waals surface area contributed by atoms with Crippen molar-refractivity contribution in [2.24, 2.45) is 5.73 Å². The van der Waals surface area contributed by atoms with E-state index in [0.29, 0.717) is 5.02 Å². The number of benzene rings is 1. The largest absolute Gasteiger partial charge is 0.368 e. The van der Waals surface area contributed by atoms with Gasteiger partial charge in [-0.05, 0) is 31.0 Å². The molecule has 0 aliphatic carbocycles. The Labute approximate surface area is 115 Å². The summed E-state index contributed by atoms with van der Waals surface area (Å²) in [7, 11) is 0. The summed E-state index contributed by atoms with van der Waals surface area (Å²) in [6.45, 7) is 4.06. The van der Waals surface area contributed by atoms with Gasteiger partial charge in [-0.15, -0.1) is 0 Å². The lowest BCUT2D eigenvalue weighted by atomic mass is 10.0. The van der Waals surface area contributed by atoms with Crippen LogP contribution in [-0.4, -0.2) is 11.9 Å². The molecule has 0 aromatic heterocycles. The highest BCUT2D eigenvalue weighted by atomic mass is 79.9. The first-order valence-corrected chi connectivity index (χ1v) is 6.63. The maximum atomic E-state index is 11.5. The van der Waals surface area contributed by atoms with Gasteiger partial charge in [0.1, 0.15) is 6.04 Å². The molecule has 0 saturated heterocycles. The lowest BCUT2D eigenvalue weighted by Gasteiger charge is -2.21. The predicted octanol–water partition coefficient (Wildman–Crippen LogP) is 3.02. The third-order valence-corrected chi connectivity index (χ3v) is 3.54. The maximum Gasteiger partial charge on any atom is 0.239 e. The molecule has 1 rings (SSSR count). The highest BCUT2D eigenvalue weighted by Gasteiger charge is 2.21. The molecule has 1 aromatic carbocycles. The molecule has 3 nitrogen and oxygen atoms in total. The van der Waals surface area contributed by atoms with E-state index in [2.05, 4.69) is 21.2 Å². The minimum atomic E-state index is -0.503. The minimum Gasteiger partial charge on any atom is -0.368 e. The highest BCUT2D eigenvalue weighted by Crippen LogP contribution is 2.27. The van der Waals surface area contributed by atoms with E-state index >= 15 is 0 Å². The Kier molecular flexibility index (Phi) is 5.43. The van der Waals surface area contributed by atoms with Crippen LogP contribution in [0, 0.1) is 0 Å². The number of nitrogens with two attached hydrogens (primary N) is 1. The molecule has 0 radical (unpaired) electrons. The number of halogens is 2. The Balaban J connectivity index is 3.01. The molecule has 17 heavy (non-hydrogen) atoms. The number of nitrogens with one attached hydrogen (secondary N) is 1. The molecular weight excluding hydrogens is 304 g/mol. The van der Waals surface area contributed by atoms with Crippen LogP contribution in [0.15, 0.2) is 22.7 Å². The molecule has 2 atom stereocenters. The van der Waals surface area contributed by atoms with E-state index in [4.69, 9.17) is 17.3 Å². The van der Waals surface area contributed by atoms with Gasteiger partial charge in [-0.1, -0.05) is 40.5 Å². The molecular formula is C12H16BrClN2O. The fourth-order valence-electron chi connectivity index (χ4n) is 1.46. The van der Waals surface area contributed by atoms with Crippen molar-refractivity contribution in [1.29, 1.82) is 0 Å². The molecule has 0 fully saturated rings. The van der Waals surface area contributed by atoms with E-state index in [-0.39, 0.29) is 6.04 Å². The molecule has 2 unspecified atom stereocenters. The molecule has 0 saturated carbocycles. The first-order valence-electron chi connectivity index (χ1n) is 5.46. The number of primary amides is 1. The van der Waals surface area contributed by atoms with Gasteiger partial charge < -0.3 is 5.73 Å². The maximum absolute atomic E-state index is 11.5. The van der Waals surface area contributed by atoms with Crippen molar-refractivity contribution in [1.82, 2.24) is 5.32 Å². The van der Waals surface area contributed by atoms with Crippen molar-refractivity contribution < 1.29 is 4.79 Å². The summed E-state index contributed by atoms with van der Waals surface area (Å²) >= 11 is 9.26. The number of hydrogen-bond acceptors (Lipinski definition) is 2. The summed E-state index contributed by atoms with van der Waals surface area (Å²) in [5.41, 5.74) is 6.23. The number of carbonyl (C=O) groups is 1. The van der Waals surface area contributed by atoms with Crippen molar-refractivity contribution in [3.63, 3.8) is 0 Å². The van der Waals surface area contributed by atoms with E-state index in [0.717, 1.165) is 16.5 Å². The molecule has 3 N–H and O–H groups in total. The predicted molar refractivity (Wildman–Crippen MR) is 74.0 cm³/mol. The molecule has 1 aromatic rings. The van der Waals surface area contributed by atoms with Crippen LogP contribution in [0.25, 0.3) is 0 Å². The Bertz CT molecular complexity index is 411. The summed E-state index contributed by atoms with van der Waals surface area (Å²) < 4.78 is 0.782. The van der Waals surface area contributed by atoms with Gasteiger partial charge in [0.2, 0.25) is 5.91 Å². The van der Waals surface area contributed by atoms with Gasteiger partial charge in [-0.3, -0.25) is 10.1 Å². The van der Waals surface area contributed by atoms with Gasteiger partial charge in [0.05, 0.1) is 0 Å². The number of carbonyl (C=O) groups excluding carboxylic acids is 1. The second kappa shape index (κ2) is 6.38. The van der Waals surface area contributed by atoms with Crippen LogP contribution in [0.1, 0.15) is 31.9 Å². The van der Waals surface area contributed by atoms with Crippen LogP contribution in [-0.2, 0) is 4.79 Å². The summed E-state index contributed by atoms with van der Waals surface area (Å²) in [6, 6.07) is 5.02. The smallest absolute Gasteiger partial charge is 0.239 e. The van der Waals surface area contributed by atoms with Crippen LogP contribution in [0.2, 0.25) is 5.02 Å². The van der Waals surface area contributed by atoms with Gasteiger partial charge in [0.25, 0.3) is 0 Å². The molecule has 1 amide bonds. The zero-order valence-electron chi connectivity index (χ0n) is 9.84. The standard InChI is InChI=1S/C12H16BrClN2O/c1-3-7(2)16-11(12(15)17)9-5-4-8(14)6-10(9)13/h4-7,11,16H,3H2,1-2H3,(H2,15,17). The molecule has 5 heteroatoms. The number of hydrogen-bond donors (Lipinski definition) is 2. The number of rotatable bonds is 5. The first kappa shape index (κ1) is 14.5. The van der Waals surface area contributed by atoms with E-state index in [1.54, 1.807) is 18.2 Å². The van der Waals surface area contributed by atoms with E-state index in [9.17, 15) is 4.79 Å². The molecule has 0 aliphatic heterocycles. The highest BCUT2D eigenvalue weighted by molar-refractivity contribution is 9.10. The van der Waals surface area contributed by atoms with Crippen molar-refractivity contribution in [3.05, 3.63) is 33.3 Å². The average molecular weight is 320 g/mol. The second-order valence-corrected chi connectivity index (χ2v) is 5.27. The Morgan fingerprint density at radius 1 is 1.59 bits per heavy atom. The number of amides is 1. The Morgan fingerprint density at radius 2 is 2.24 bits per heavy atom. The van der Waals surface area contributed by atoms with Crippen molar-refractivity contribution >= 4 is 33.4 Å². The Morgan fingerprint density at radius 3 is 2.71 bits per heavy atom. The van der Waals surface area contributed by atoms with Crippen molar-refractivity contribution in [3.8, 4) is 0 Å². The fraction of sp³-hybridized carbons (Fsp3) is 0.417. The molecule has 0 heterocycles. The topological polar surface area (TPSA) is 55.1 Å². The normalized spacial score (nSPS) is 14.4. The zero-order chi connectivity index (χ0) is 13.0. The van der Waals surface area contributed by atoms with E-state index in [1.807, 2.05) is 13.8 Å². The summed E-state index contributed by atoms with van der Waals surface area (Å²) in [5, 5.41) is 3.81. The van der Waals surface area contributed by atoms with Gasteiger partial charge in [0, 0.05) is 15.5 Å². The SMILES string of the molecule is CCC(C)NC(C(N)=O)c1ccc(Cl)cc1Br. The van der Waals surface area contributed by atoms with Gasteiger partial charge in [-0.2, -0.15) is 0 Å².